The second kappa shape index (κ2) is 7.19. The number of rotatable bonds is 3. The zero-order valence-electron chi connectivity index (χ0n) is 13.1. The van der Waals surface area contributed by atoms with Crippen molar-refractivity contribution in [3.05, 3.63) is 27.7 Å². The van der Waals surface area contributed by atoms with Crippen molar-refractivity contribution in [2.24, 2.45) is 5.92 Å². The molecule has 1 saturated carbocycles. The van der Waals surface area contributed by atoms with E-state index in [0.717, 1.165) is 25.7 Å². The molecule has 1 amide bonds. The third-order valence-corrected chi connectivity index (χ3v) is 5.37. The number of carbonyl (C=O) groups is 2. The number of benzene rings is 1. The molecule has 1 aromatic rings. The Morgan fingerprint density at radius 2 is 1.88 bits per heavy atom. The van der Waals surface area contributed by atoms with E-state index in [1.165, 1.54) is 6.42 Å². The summed E-state index contributed by atoms with van der Waals surface area (Å²) in [5.74, 6) is -0.970. The molecule has 3 rings (SSSR count). The van der Waals surface area contributed by atoms with Gasteiger partial charge in [0, 0.05) is 33.6 Å². The molecule has 3 N–H and O–H groups in total. The fraction of sp³-hybridized carbons (Fsp3) is 0.529. The normalized spacial score (nSPS) is 23.9. The van der Waals surface area contributed by atoms with Gasteiger partial charge in [-0.2, -0.15) is 0 Å². The number of carboxylic acids is 1. The van der Waals surface area contributed by atoms with Crippen molar-refractivity contribution in [2.75, 3.05) is 5.32 Å². The highest BCUT2D eigenvalue weighted by atomic mass is 35.5. The van der Waals surface area contributed by atoms with Crippen LogP contribution in [0, 0.1) is 5.92 Å². The molecule has 2 atom stereocenters. The predicted molar refractivity (Wildman–Crippen MR) is 93.6 cm³/mol. The summed E-state index contributed by atoms with van der Waals surface area (Å²) in [7, 11) is 0. The average Bonchev–Trinajstić information content (AvgIpc) is 2.54. The van der Waals surface area contributed by atoms with E-state index in [0.29, 0.717) is 21.3 Å². The van der Waals surface area contributed by atoms with Crippen molar-refractivity contribution < 1.29 is 14.7 Å². The van der Waals surface area contributed by atoms with Crippen LogP contribution < -0.4 is 10.6 Å². The summed E-state index contributed by atoms with van der Waals surface area (Å²) in [6.45, 7) is 0. The zero-order valence-corrected chi connectivity index (χ0v) is 14.7. The van der Waals surface area contributed by atoms with E-state index in [1.807, 2.05) is 0 Å². The number of carbonyl (C=O) groups excluding carboxylic acids is 1. The molecule has 1 fully saturated rings. The number of hydrogen-bond acceptors (Lipinski definition) is 3. The standard InChI is InChI=1S/C17H20Cl2N2O3/c18-10-6-11(19)15-12(7-10)20-14(17(23)24)8-13(15)21-16(22)9-4-2-1-3-5-9/h6-7,9,13-14,20H,1-5,8H2,(H,21,22)(H,23,24). The molecule has 0 bridgehead atoms. The van der Waals surface area contributed by atoms with Gasteiger partial charge in [-0.05, 0) is 25.0 Å². The molecule has 2 aliphatic rings. The Labute approximate surface area is 150 Å². The van der Waals surface area contributed by atoms with Gasteiger partial charge in [0.2, 0.25) is 5.91 Å². The van der Waals surface area contributed by atoms with Gasteiger partial charge in [-0.15, -0.1) is 0 Å². The van der Waals surface area contributed by atoms with Crippen molar-refractivity contribution in [2.45, 2.75) is 50.6 Å². The number of nitrogens with one attached hydrogen (secondary N) is 2. The monoisotopic (exact) mass is 370 g/mol. The van der Waals surface area contributed by atoms with E-state index in [2.05, 4.69) is 10.6 Å². The second-order valence-corrected chi connectivity index (χ2v) is 7.36. The third kappa shape index (κ3) is 3.62. The summed E-state index contributed by atoms with van der Waals surface area (Å²) in [4.78, 5) is 24.0. The van der Waals surface area contributed by atoms with Crippen LogP contribution in [0.25, 0.3) is 0 Å². The number of fused-ring (bicyclic) bond motifs is 1. The number of carboxylic acid groups (broad SMARTS) is 1. The minimum absolute atomic E-state index is 0.00596. The van der Waals surface area contributed by atoms with Gasteiger partial charge in [0.1, 0.15) is 6.04 Å². The Bertz CT molecular complexity index is 659. The maximum absolute atomic E-state index is 12.6. The Kier molecular flexibility index (Phi) is 5.21. The van der Waals surface area contributed by atoms with Gasteiger partial charge in [0.15, 0.2) is 0 Å². The molecule has 2 unspecified atom stereocenters. The lowest BCUT2D eigenvalue weighted by Crippen LogP contribution is -2.43. The highest BCUT2D eigenvalue weighted by Crippen LogP contribution is 2.40. The third-order valence-electron chi connectivity index (χ3n) is 4.83. The van der Waals surface area contributed by atoms with E-state index in [4.69, 9.17) is 23.2 Å². The zero-order chi connectivity index (χ0) is 17.3. The maximum atomic E-state index is 12.6. The van der Waals surface area contributed by atoms with E-state index in [-0.39, 0.29) is 18.2 Å². The van der Waals surface area contributed by atoms with Crippen LogP contribution in [0.3, 0.4) is 0 Å². The molecule has 7 heteroatoms. The molecule has 1 aromatic carbocycles. The van der Waals surface area contributed by atoms with Crippen LogP contribution >= 0.6 is 23.2 Å². The van der Waals surface area contributed by atoms with Crippen molar-refractivity contribution in [1.29, 1.82) is 0 Å². The number of hydrogen-bond donors (Lipinski definition) is 3. The molecule has 0 spiro atoms. The first-order valence-corrected chi connectivity index (χ1v) is 9.00. The lowest BCUT2D eigenvalue weighted by Gasteiger charge is -2.33. The quantitative estimate of drug-likeness (QED) is 0.751. The fourth-order valence-corrected chi connectivity index (χ4v) is 4.23. The van der Waals surface area contributed by atoms with Gasteiger partial charge in [-0.25, -0.2) is 4.79 Å². The number of anilines is 1. The van der Waals surface area contributed by atoms with Gasteiger partial charge < -0.3 is 15.7 Å². The first-order chi connectivity index (χ1) is 11.5. The van der Waals surface area contributed by atoms with E-state index in [1.54, 1.807) is 12.1 Å². The fourth-order valence-electron chi connectivity index (χ4n) is 3.61. The molecule has 0 aromatic heterocycles. The molecule has 0 radical (unpaired) electrons. The van der Waals surface area contributed by atoms with Crippen LogP contribution in [-0.2, 0) is 9.59 Å². The van der Waals surface area contributed by atoms with Crippen molar-refractivity contribution >= 4 is 40.8 Å². The minimum Gasteiger partial charge on any atom is -0.480 e. The smallest absolute Gasteiger partial charge is 0.326 e. The maximum Gasteiger partial charge on any atom is 0.326 e. The van der Waals surface area contributed by atoms with E-state index < -0.39 is 18.1 Å². The summed E-state index contributed by atoms with van der Waals surface area (Å²) in [5, 5.41) is 16.2. The van der Waals surface area contributed by atoms with Gasteiger partial charge >= 0.3 is 5.97 Å². The van der Waals surface area contributed by atoms with Crippen LogP contribution in [0.15, 0.2) is 12.1 Å². The largest absolute Gasteiger partial charge is 0.480 e. The van der Waals surface area contributed by atoms with Gasteiger partial charge in [0.25, 0.3) is 0 Å². The van der Waals surface area contributed by atoms with Crippen molar-refractivity contribution in [3.63, 3.8) is 0 Å². The number of amides is 1. The van der Waals surface area contributed by atoms with Crippen LogP contribution in [0.2, 0.25) is 10.0 Å². The molecule has 130 valence electrons. The highest BCUT2D eigenvalue weighted by molar-refractivity contribution is 6.35. The van der Waals surface area contributed by atoms with Crippen LogP contribution in [-0.4, -0.2) is 23.0 Å². The molecule has 0 saturated heterocycles. The second-order valence-electron chi connectivity index (χ2n) is 6.52. The molecule has 1 heterocycles. The molecule has 1 aliphatic heterocycles. The summed E-state index contributed by atoms with van der Waals surface area (Å²) in [6.07, 6.45) is 5.33. The SMILES string of the molecule is O=C(NC1CC(C(=O)O)Nc2cc(Cl)cc(Cl)c21)C1CCCCC1. The molecule has 1 aliphatic carbocycles. The topological polar surface area (TPSA) is 78.4 Å². The summed E-state index contributed by atoms with van der Waals surface area (Å²) in [5.41, 5.74) is 1.28. The lowest BCUT2D eigenvalue weighted by molar-refractivity contribution is -0.138. The van der Waals surface area contributed by atoms with Gasteiger partial charge in [-0.1, -0.05) is 42.5 Å². The predicted octanol–water partition coefficient (Wildman–Crippen LogP) is 4.00. The number of aliphatic carboxylic acids is 1. The molecule has 5 nitrogen and oxygen atoms in total. The van der Waals surface area contributed by atoms with Crippen LogP contribution in [0.1, 0.15) is 50.1 Å². The van der Waals surface area contributed by atoms with Gasteiger partial charge in [0.05, 0.1) is 6.04 Å². The Balaban J connectivity index is 1.86. The first kappa shape index (κ1) is 17.4. The average molecular weight is 371 g/mol. The van der Waals surface area contributed by atoms with E-state index >= 15 is 0 Å². The first-order valence-electron chi connectivity index (χ1n) is 8.24. The van der Waals surface area contributed by atoms with Crippen molar-refractivity contribution in [1.82, 2.24) is 5.32 Å². The summed E-state index contributed by atoms with van der Waals surface area (Å²) < 4.78 is 0. The summed E-state index contributed by atoms with van der Waals surface area (Å²) in [6, 6.07) is 2.05. The lowest BCUT2D eigenvalue weighted by atomic mass is 9.87. The minimum atomic E-state index is -0.964. The Morgan fingerprint density at radius 3 is 2.54 bits per heavy atom. The molecule has 24 heavy (non-hydrogen) atoms. The van der Waals surface area contributed by atoms with Crippen LogP contribution in [0.5, 0.6) is 0 Å². The van der Waals surface area contributed by atoms with Crippen LogP contribution in [0.4, 0.5) is 5.69 Å². The number of halogens is 2. The molecular weight excluding hydrogens is 351 g/mol. The Hall–Kier alpha value is -1.46. The Morgan fingerprint density at radius 1 is 1.17 bits per heavy atom. The highest BCUT2D eigenvalue weighted by Gasteiger charge is 2.34. The summed E-state index contributed by atoms with van der Waals surface area (Å²) >= 11 is 12.3. The van der Waals surface area contributed by atoms with Gasteiger partial charge in [-0.3, -0.25) is 4.79 Å². The van der Waals surface area contributed by atoms with E-state index in [9.17, 15) is 14.7 Å². The molecular formula is C17H20Cl2N2O3. The van der Waals surface area contributed by atoms with Crippen molar-refractivity contribution in [3.8, 4) is 0 Å².